The number of likely N-dealkylation sites (N-methyl/N-ethyl adjacent to an activating group) is 1. The fourth-order valence-corrected chi connectivity index (χ4v) is 7.88. The lowest BCUT2D eigenvalue weighted by molar-refractivity contribution is -0.275. The van der Waals surface area contributed by atoms with Gasteiger partial charge in [0, 0.05) is 23.1 Å². The number of hydrogen-bond donors (Lipinski definition) is 3. The van der Waals surface area contributed by atoms with Crippen LogP contribution in [0.3, 0.4) is 0 Å². The molecule has 0 bridgehead atoms. The summed E-state index contributed by atoms with van der Waals surface area (Å²) in [5, 5.41) is 22.7. The van der Waals surface area contributed by atoms with Crippen LogP contribution in [-0.4, -0.2) is 94.2 Å². The highest BCUT2D eigenvalue weighted by Crippen LogP contribution is 2.54. The molecule has 7 atom stereocenters. The van der Waals surface area contributed by atoms with Crippen LogP contribution in [0.25, 0.3) is 0 Å². The Balaban J connectivity index is 1.67. The smallest absolute Gasteiger partial charge is 0.507 e. The van der Waals surface area contributed by atoms with E-state index in [9.17, 15) is 47.4 Å². The van der Waals surface area contributed by atoms with Crippen LogP contribution in [0.4, 0.5) is 13.2 Å². The summed E-state index contributed by atoms with van der Waals surface area (Å²) in [7, 11) is 2.88. The van der Waals surface area contributed by atoms with Crippen molar-refractivity contribution in [3.05, 3.63) is 22.8 Å². The molecule has 1 saturated heterocycles. The van der Waals surface area contributed by atoms with E-state index in [1.54, 1.807) is 0 Å². The van der Waals surface area contributed by atoms with Crippen LogP contribution in [0.1, 0.15) is 60.1 Å². The molecule has 1 heterocycles. The van der Waals surface area contributed by atoms with Crippen molar-refractivity contribution in [3.8, 4) is 11.5 Å². The van der Waals surface area contributed by atoms with E-state index >= 15 is 0 Å². The average molecular weight is 610 g/mol. The summed E-state index contributed by atoms with van der Waals surface area (Å²) in [4.78, 5) is 69.9. The lowest BCUT2D eigenvalue weighted by atomic mass is 9.52. The third-order valence-electron chi connectivity index (χ3n) is 9.64. The van der Waals surface area contributed by atoms with Crippen LogP contribution >= 0.6 is 0 Å². The Morgan fingerprint density at radius 2 is 1.86 bits per heavy atom. The van der Waals surface area contributed by atoms with Crippen molar-refractivity contribution in [2.75, 3.05) is 27.2 Å². The first kappa shape index (κ1) is 31.1. The van der Waals surface area contributed by atoms with Gasteiger partial charge in [-0.05, 0) is 64.9 Å². The number of rotatable bonds is 5. The summed E-state index contributed by atoms with van der Waals surface area (Å²) in [6.45, 7) is 3.00. The monoisotopic (exact) mass is 609 g/mol. The lowest BCUT2D eigenvalue weighted by Gasteiger charge is -2.52. The Hall–Kier alpha value is -3.36. The Bertz CT molecular complexity index is 1410. The van der Waals surface area contributed by atoms with E-state index in [-0.39, 0.29) is 24.0 Å². The molecule has 5 rings (SSSR count). The van der Waals surface area contributed by atoms with E-state index in [1.165, 1.54) is 19.0 Å². The second-order valence-corrected chi connectivity index (χ2v) is 12.1. The Morgan fingerprint density at radius 1 is 1.19 bits per heavy atom. The molecule has 11 nitrogen and oxygen atoms in total. The molecule has 0 spiro atoms. The molecule has 0 aromatic heterocycles. The van der Waals surface area contributed by atoms with Crippen molar-refractivity contribution in [1.82, 2.24) is 9.80 Å². The number of fused-ring (bicyclic) bond motifs is 3. The molecule has 7 unspecified atom stereocenters. The van der Waals surface area contributed by atoms with Gasteiger partial charge in [-0.3, -0.25) is 33.8 Å². The molecule has 1 aromatic carbocycles. The van der Waals surface area contributed by atoms with E-state index in [4.69, 9.17) is 5.73 Å². The molecule has 1 amide bonds. The topological polar surface area (TPSA) is 168 Å². The van der Waals surface area contributed by atoms with Gasteiger partial charge in [-0.2, -0.15) is 0 Å². The number of ether oxygens (including phenoxy) is 1. The molecule has 2 saturated carbocycles. The lowest BCUT2D eigenvalue weighted by Crippen LogP contribution is -2.74. The van der Waals surface area contributed by atoms with Crippen LogP contribution in [0.5, 0.6) is 11.5 Å². The maximum absolute atomic E-state index is 13.9. The van der Waals surface area contributed by atoms with Gasteiger partial charge in [0.2, 0.25) is 5.91 Å². The number of alkyl halides is 3. The van der Waals surface area contributed by atoms with Gasteiger partial charge in [0.25, 0.3) is 0 Å². The molecule has 3 aliphatic carbocycles. The van der Waals surface area contributed by atoms with Crippen LogP contribution < -0.4 is 10.5 Å². The first-order chi connectivity index (χ1) is 20.0. The molecule has 0 radical (unpaired) electrons. The number of nitrogens with two attached hydrogens (primary N) is 1. The van der Waals surface area contributed by atoms with Crippen molar-refractivity contribution in [3.63, 3.8) is 0 Å². The second kappa shape index (κ2) is 10.7. The maximum atomic E-state index is 13.9. The predicted molar refractivity (Wildman–Crippen MR) is 142 cm³/mol. The Kier molecular flexibility index (Phi) is 7.71. The quantitative estimate of drug-likeness (QED) is 0.414. The van der Waals surface area contributed by atoms with E-state index in [2.05, 4.69) is 4.74 Å². The van der Waals surface area contributed by atoms with Gasteiger partial charge in [0.1, 0.15) is 11.5 Å². The summed E-state index contributed by atoms with van der Waals surface area (Å²) in [6, 6.07) is -0.791. The van der Waals surface area contributed by atoms with Gasteiger partial charge in [0.05, 0.1) is 17.5 Å². The second-order valence-electron chi connectivity index (χ2n) is 12.1. The first-order valence-electron chi connectivity index (χ1n) is 14.3. The number of aliphatic hydroxyl groups is 1. The van der Waals surface area contributed by atoms with Gasteiger partial charge in [-0.25, -0.2) is 0 Å². The standard InChI is InChI=1S/C29H34F3N3O8/c1-4-35-8-6-5-7-16(35)13-11-17(36)19-14(24(13)43-29(30,31)32)9-12-10-15-21(34(2)3)23(38)20(27(33)41)26(40)28(15,42)25(39)18(12)22(19)37/h11-12,15-16,18,20-21,36,42H,4-10H2,1-3H3,(H2,33,41). The van der Waals surface area contributed by atoms with Crippen molar-refractivity contribution in [2.45, 2.75) is 63.1 Å². The SMILES string of the molecule is CCN1CCCCC1c1cc(O)c2c(c1OC(F)(F)F)CC1CC3C(N(C)C)C(=O)C(C(N)=O)C(=O)C3(O)C(=O)C1C2=O. The van der Waals surface area contributed by atoms with Crippen LogP contribution in [0.2, 0.25) is 0 Å². The van der Waals surface area contributed by atoms with E-state index in [0.29, 0.717) is 19.5 Å². The Morgan fingerprint density at radius 3 is 2.44 bits per heavy atom. The van der Waals surface area contributed by atoms with Crippen molar-refractivity contribution in [2.24, 2.45) is 29.4 Å². The molecular weight excluding hydrogens is 575 g/mol. The summed E-state index contributed by atoms with van der Waals surface area (Å²) < 4.78 is 46.1. The van der Waals surface area contributed by atoms with Gasteiger partial charge >= 0.3 is 6.36 Å². The number of phenols is 1. The van der Waals surface area contributed by atoms with Gasteiger partial charge in [-0.15, -0.1) is 13.2 Å². The minimum absolute atomic E-state index is 0.0681. The maximum Gasteiger partial charge on any atom is 0.573 e. The molecule has 14 heteroatoms. The number of nitrogens with zero attached hydrogens (tertiary/aromatic N) is 2. The molecule has 43 heavy (non-hydrogen) atoms. The molecular formula is C29H34F3N3O8. The van der Waals surface area contributed by atoms with Crippen molar-refractivity contribution < 1.29 is 52.1 Å². The summed E-state index contributed by atoms with van der Waals surface area (Å²) in [6.07, 6.45) is -3.71. The van der Waals surface area contributed by atoms with Gasteiger partial charge in [0.15, 0.2) is 34.7 Å². The van der Waals surface area contributed by atoms with E-state index in [0.717, 1.165) is 18.9 Å². The van der Waals surface area contributed by atoms with Gasteiger partial charge in [-0.1, -0.05) is 13.3 Å². The highest BCUT2D eigenvalue weighted by atomic mass is 19.4. The van der Waals surface area contributed by atoms with E-state index in [1.807, 2.05) is 11.8 Å². The molecule has 1 aliphatic heterocycles. The number of benzene rings is 1. The third-order valence-corrected chi connectivity index (χ3v) is 9.64. The minimum atomic E-state index is -5.14. The number of aromatic hydroxyl groups is 1. The number of carbonyl (C=O) groups is 5. The first-order valence-corrected chi connectivity index (χ1v) is 14.3. The van der Waals surface area contributed by atoms with Crippen LogP contribution in [-0.2, 0) is 25.6 Å². The molecule has 4 N–H and O–H groups in total. The third kappa shape index (κ3) is 4.74. The fourth-order valence-electron chi connectivity index (χ4n) is 7.88. The largest absolute Gasteiger partial charge is 0.573 e. The number of halogens is 3. The number of hydrogen-bond acceptors (Lipinski definition) is 10. The average Bonchev–Trinajstić information content (AvgIpc) is 2.91. The van der Waals surface area contributed by atoms with Crippen molar-refractivity contribution in [1.29, 1.82) is 0 Å². The Labute approximate surface area is 245 Å². The number of carbonyl (C=O) groups excluding carboxylic acids is 5. The van der Waals surface area contributed by atoms with Crippen LogP contribution in [0, 0.1) is 23.7 Å². The summed E-state index contributed by atoms with van der Waals surface area (Å²) in [5.74, 6) is -13.6. The molecule has 234 valence electrons. The highest BCUT2D eigenvalue weighted by Gasteiger charge is 2.69. The number of ketones is 4. The zero-order valence-corrected chi connectivity index (χ0v) is 23.9. The number of primary amides is 1. The van der Waals surface area contributed by atoms with Gasteiger partial charge < -0.3 is 20.7 Å². The number of piperidine rings is 1. The normalized spacial score (nSPS) is 33.2. The summed E-state index contributed by atoms with van der Waals surface area (Å²) >= 11 is 0. The number of Topliss-reactive ketones (excluding diaryl/α,β-unsaturated/α-hetero) is 4. The minimum Gasteiger partial charge on any atom is -0.507 e. The summed E-state index contributed by atoms with van der Waals surface area (Å²) in [5.41, 5.74) is 1.68. The number of phenolic OH excluding ortho intramolecular Hbond substituents is 1. The molecule has 3 fully saturated rings. The fraction of sp³-hybridized carbons (Fsp3) is 0.621. The number of amides is 1. The highest BCUT2D eigenvalue weighted by molar-refractivity contribution is 6.32. The van der Waals surface area contributed by atoms with E-state index < -0.39 is 93.8 Å². The molecule has 4 aliphatic rings. The zero-order valence-electron chi connectivity index (χ0n) is 23.9. The van der Waals surface area contributed by atoms with Crippen molar-refractivity contribution >= 4 is 29.0 Å². The zero-order chi connectivity index (χ0) is 31.8. The predicted octanol–water partition coefficient (Wildman–Crippen LogP) is 1.31. The number of likely N-dealkylation sites (tertiary alicyclic amines) is 1. The van der Waals surface area contributed by atoms with Crippen LogP contribution in [0.15, 0.2) is 6.07 Å². The molecule has 1 aromatic rings.